The number of nitrogens with one attached hydrogen (secondary N) is 1. The molecular formula is C31H35NO2. The standard InChI is InChI=1S/C31H35NO2/c1-30-17-6-9-25(30)23-14-15-27-31(2,26(23)16-18-30)19-24(29(34)32-27)28(33)22-12-10-21(11-13-22)20-7-4-3-5-8-20/h3-5,7-8,10-13,19,23,25-27H,6,9,14-18H2,1-2H3,(H,32,34)/t23-,25-,26-,27+,30-,31+/m0/s1. The zero-order chi connectivity index (χ0) is 23.5. The third kappa shape index (κ3) is 3.31. The highest BCUT2D eigenvalue weighted by Crippen LogP contribution is 2.63. The summed E-state index contributed by atoms with van der Waals surface area (Å²) in [5.74, 6) is 1.72. The number of carbonyl (C=O) groups is 2. The first-order valence-corrected chi connectivity index (χ1v) is 13.1. The number of Topliss-reactive ketones (excluding diaryl/α,β-unsaturated/α-hetero) is 1. The van der Waals surface area contributed by atoms with Gasteiger partial charge in [-0.3, -0.25) is 9.59 Å². The lowest BCUT2D eigenvalue weighted by atomic mass is 9.48. The molecule has 1 amide bonds. The summed E-state index contributed by atoms with van der Waals surface area (Å²) in [4.78, 5) is 26.6. The normalized spacial score (nSPS) is 36.5. The molecule has 34 heavy (non-hydrogen) atoms. The Morgan fingerprint density at radius 1 is 0.853 bits per heavy atom. The predicted molar refractivity (Wildman–Crippen MR) is 135 cm³/mol. The molecule has 1 heterocycles. The Labute approximate surface area is 203 Å². The Balaban J connectivity index is 1.31. The summed E-state index contributed by atoms with van der Waals surface area (Å²) in [5, 5.41) is 3.27. The molecule has 2 aromatic rings. The first-order chi connectivity index (χ1) is 16.4. The van der Waals surface area contributed by atoms with Crippen molar-refractivity contribution < 1.29 is 9.59 Å². The minimum Gasteiger partial charge on any atom is -0.348 e. The molecule has 0 aromatic heterocycles. The Bertz CT molecular complexity index is 1150. The highest BCUT2D eigenvalue weighted by Gasteiger charge is 2.58. The second-order valence-electron chi connectivity index (χ2n) is 11.8. The zero-order valence-corrected chi connectivity index (χ0v) is 20.3. The summed E-state index contributed by atoms with van der Waals surface area (Å²) in [5.41, 5.74) is 3.48. The van der Waals surface area contributed by atoms with Gasteiger partial charge in [0.25, 0.3) is 5.91 Å². The molecule has 0 saturated heterocycles. The predicted octanol–water partition coefficient (Wildman–Crippen LogP) is 6.59. The average Bonchev–Trinajstić information content (AvgIpc) is 3.26. The van der Waals surface area contributed by atoms with Crippen molar-refractivity contribution in [3.8, 4) is 11.1 Å². The molecule has 1 aliphatic heterocycles. The van der Waals surface area contributed by atoms with Crippen molar-refractivity contribution in [2.45, 2.75) is 64.8 Å². The molecule has 3 aliphatic carbocycles. The van der Waals surface area contributed by atoms with E-state index in [0.717, 1.165) is 29.4 Å². The number of hydrogen-bond acceptors (Lipinski definition) is 2. The first kappa shape index (κ1) is 21.8. The Morgan fingerprint density at radius 2 is 1.59 bits per heavy atom. The fourth-order valence-electron chi connectivity index (χ4n) is 8.20. The minimum absolute atomic E-state index is 0.143. The molecule has 2 aromatic carbocycles. The lowest BCUT2D eigenvalue weighted by Gasteiger charge is -2.58. The van der Waals surface area contributed by atoms with E-state index in [1.165, 1.54) is 38.5 Å². The number of benzene rings is 2. The van der Waals surface area contributed by atoms with Gasteiger partial charge in [-0.05, 0) is 72.8 Å². The van der Waals surface area contributed by atoms with Crippen LogP contribution in [0.15, 0.2) is 66.2 Å². The summed E-state index contributed by atoms with van der Waals surface area (Å²) in [6, 6.07) is 18.0. The molecule has 3 nitrogen and oxygen atoms in total. The molecule has 176 valence electrons. The molecule has 0 spiro atoms. The van der Waals surface area contributed by atoms with Crippen molar-refractivity contribution >= 4 is 11.7 Å². The van der Waals surface area contributed by atoms with Gasteiger partial charge in [0, 0.05) is 17.0 Å². The van der Waals surface area contributed by atoms with Crippen molar-refractivity contribution in [3.05, 3.63) is 71.8 Å². The van der Waals surface area contributed by atoms with Crippen molar-refractivity contribution in [1.82, 2.24) is 5.32 Å². The van der Waals surface area contributed by atoms with E-state index < -0.39 is 0 Å². The van der Waals surface area contributed by atoms with Crippen LogP contribution in [0, 0.1) is 28.6 Å². The van der Waals surface area contributed by atoms with Gasteiger partial charge in [-0.15, -0.1) is 0 Å². The molecule has 4 aliphatic rings. The molecular weight excluding hydrogens is 418 g/mol. The molecule has 0 bridgehead atoms. The van der Waals surface area contributed by atoms with E-state index in [2.05, 4.69) is 37.4 Å². The largest absolute Gasteiger partial charge is 0.348 e. The van der Waals surface area contributed by atoms with Crippen LogP contribution in [0.2, 0.25) is 0 Å². The number of amides is 1. The van der Waals surface area contributed by atoms with Gasteiger partial charge in [0.05, 0.1) is 5.57 Å². The quantitative estimate of drug-likeness (QED) is 0.421. The van der Waals surface area contributed by atoms with Crippen LogP contribution >= 0.6 is 0 Å². The van der Waals surface area contributed by atoms with Crippen molar-refractivity contribution in [3.63, 3.8) is 0 Å². The maximum absolute atomic E-state index is 13.5. The van der Waals surface area contributed by atoms with Gasteiger partial charge in [0.15, 0.2) is 5.78 Å². The third-order valence-corrected chi connectivity index (χ3v) is 10.1. The molecule has 3 heteroatoms. The highest BCUT2D eigenvalue weighted by molar-refractivity contribution is 6.26. The SMILES string of the molecule is C[C@@]12CCC[C@H]1[C@@H]1CC[C@H]3NC(=O)C(C(=O)c4ccc(-c5ccccc5)cc4)=C[C@]3(C)[C@H]1CC2. The summed E-state index contributed by atoms with van der Waals surface area (Å²) in [6.45, 7) is 4.83. The van der Waals surface area contributed by atoms with Gasteiger partial charge in [0.2, 0.25) is 0 Å². The second kappa shape index (κ2) is 7.93. The van der Waals surface area contributed by atoms with Crippen LogP contribution in [0.4, 0.5) is 0 Å². The van der Waals surface area contributed by atoms with Gasteiger partial charge in [-0.2, -0.15) is 0 Å². The van der Waals surface area contributed by atoms with E-state index >= 15 is 0 Å². The lowest BCUT2D eigenvalue weighted by Crippen LogP contribution is -2.60. The van der Waals surface area contributed by atoms with Gasteiger partial charge in [-0.25, -0.2) is 0 Å². The third-order valence-electron chi connectivity index (χ3n) is 10.1. The molecule has 0 unspecified atom stereocenters. The van der Waals surface area contributed by atoms with Gasteiger partial charge < -0.3 is 5.32 Å². The van der Waals surface area contributed by atoms with Crippen LogP contribution in [-0.2, 0) is 4.79 Å². The van der Waals surface area contributed by atoms with E-state index in [1.54, 1.807) is 0 Å². The topological polar surface area (TPSA) is 46.2 Å². The van der Waals surface area contributed by atoms with E-state index in [9.17, 15) is 9.59 Å². The fourth-order valence-corrected chi connectivity index (χ4v) is 8.20. The summed E-state index contributed by atoms with van der Waals surface area (Å²) < 4.78 is 0. The summed E-state index contributed by atoms with van der Waals surface area (Å²) >= 11 is 0. The number of hydrogen-bond donors (Lipinski definition) is 1. The van der Waals surface area contributed by atoms with Crippen molar-refractivity contribution in [2.24, 2.45) is 28.6 Å². The lowest BCUT2D eigenvalue weighted by molar-refractivity contribution is -0.122. The number of ketones is 1. The van der Waals surface area contributed by atoms with Crippen molar-refractivity contribution in [2.75, 3.05) is 0 Å². The van der Waals surface area contributed by atoms with E-state index in [4.69, 9.17) is 0 Å². The van der Waals surface area contributed by atoms with E-state index in [1.807, 2.05) is 42.5 Å². The number of fused-ring (bicyclic) bond motifs is 5. The first-order valence-electron chi connectivity index (χ1n) is 13.1. The average molecular weight is 454 g/mol. The van der Waals surface area contributed by atoms with Gasteiger partial charge in [0.1, 0.15) is 0 Å². The maximum atomic E-state index is 13.5. The van der Waals surface area contributed by atoms with Crippen LogP contribution in [0.25, 0.3) is 11.1 Å². The molecule has 6 rings (SSSR count). The maximum Gasteiger partial charge on any atom is 0.255 e. The van der Waals surface area contributed by atoms with Crippen LogP contribution < -0.4 is 5.32 Å². The van der Waals surface area contributed by atoms with Gasteiger partial charge in [-0.1, -0.05) is 80.9 Å². The van der Waals surface area contributed by atoms with Crippen LogP contribution in [-0.4, -0.2) is 17.7 Å². The molecule has 6 atom stereocenters. The fraction of sp³-hybridized carbons (Fsp3) is 0.484. The number of carbonyl (C=O) groups excluding carboxylic acids is 2. The second-order valence-corrected chi connectivity index (χ2v) is 11.8. The minimum atomic E-state index is -0.195. The van der Waals surface area contributed by atoms with Crippen molar-refractivity contribution in [1.29, 1.82) is 0 Å². The van der Waals surface area contributed by atoms with E-state index in [0.29, 0.717) is 22.5 Å². The Kier molecular flexibility index (Phi) is 5.09. The molecule has 3 fully saturated rings. The van der Waals surface area contributed by atoms with E-state index in [-0.39, 0.29) is 23.1 Å². The molecule has 0 radical (unpaired) electrons. The summed E-state index contributed by atoms with van der Waals surface area (Å²) in [6.07, 6.45) is 10.9. The smallest absolute Gasteiger partial charge is 0.255 e. The summed E-state index contributed by atoms with van der Waals surface area (Å²) in [7, 11) is 0. The zero-order valence-electron chi connectivity index (χ0n) is 20.3. The molecule has 1 N–H and O–H groups in total. The molecule has 3 saturated carbocycles. The highest BCUT2D eigenvalue weighted by atomic mass is 16.2. The Hall–Kier alpha value is -2.68. The van der Waals surface area contributed by atoms with Crippen LogP contribution in [0.5, 0.6) is 0 Å². The monoisotopic (exact) mass is 453 g/mol. The van der Waals surface area contributed by atoms with Crippen LogP contribution in [0.3, 0.4) is 0 Å². The van der Waals surface area contributed by atoms with Crippen LogP contribution in [0.1, 0.15) is 69.2 Å². The number of rotatable bonds is 3. The van der Waals surface area contributed by atoms with Gasteiger partial charge >= 0.3 is 0 Å². The Morgan fingerprint density at radius 3 is 2.35 bits per heavy atom.